The van der Waals surface area contributed by atoms with Crippen LogP contribution in [-0.2, 0) is 16.6 Å². The molecular formula is C7H8N6O3S. The predicted molar refractivity (Wildman–Crippen MR) is 56.0 cm³/mol. The van der Waals surface area contributed by atoms with Gasteiger partial charge in [-0.25, -0.2) is 13.2 Å². The Morgan fingerprint density at radius 2 is 2.29 bits per heavy atom. The van der Waals surface area contributed by atoms with Crippen molar-refractivity contribution in [3.63, 3.8) is 0 Å². The SMILES string of the molecule is NC(=O)N([SH](=O)=O)C1(c2cc[nH]n2)C=CN=N1. The minimum atomic E-state index is -3.27. The molecule has 2 rings (SSSR count). The van der Waals surface area contributed by atoms with E-state index in [1.54, 1.807) is 0 Å². The summed E-state index contributed by atoms with van der Waals surface area (Å²) in [5.41, 5.74) is 3.62. The maximum absolute atomic E-state index is 11.2. The lowest BCUT2D eigenvalue weighted by Gasteiger charge is -2.28. The Labute approximate surface area is 97.1 Å². The molecule has 90 valence electrons. The Hall–Kier alpha value is -2.23. The molecule has 1 atom stereocenters. The molecule has 0 fully saturated rings. The van der Waals surface area contributed by atoms with E-state index in [1.807, 2.05) is 0 Å². The average Bonchev–Trinajstić information content (AvgIpc) is 2.85. The third-order valence-electron chi connectivity index (χ3n) is 2.16. The zero-order valence-electron chi connectivity index (χ0n) is 8.35. The van der Waals surface area contributed by atoms with Crippen LogP contribution in [0.1, 0.15) is 5.69 Å². The van der Waals surface area contributed by atoms with Crippen LogP contribution < -0.4 is 5.73 Å². The van der Waals surface area contributed by atoms with E-state index in [2.05, 4.69) is 20.4 Å². The van der Waals surface area contributed by atoms with Crippen LogP contribution in [0.25, 0.3) is 0 Å². The van der Waals surface area contributed by atoms with Crippen molar-refractivity contribution in [3.05, 3.63) is 30.2 Å². The van der Waals surface area contributed by atoms with Gasteiger partial charge in [0.1, 0.15) is 5.69 Å². The summed E-state index contributed by atoms with van der Waals surface area (Å²) >= 11 is 0. The molecule has 9 nitrogen and oxygen atoms in total. The fraction of sp³-hybridized carbons (Fsp3) is 0.143. The number of nitrogens with zero attached hydrogens (tertiary/aromatic N) is 4. The second-order valence-electron chi connectivity index (χ2n) is 3.10. The van der Waals surface area contributed by atoms with Crippen molar-refractivity contribution in [3.8, 4) is 0 Å². The largest absolute Gasteiger partial charge is 0.351 e. The van der Waals surface area contributed by atoms with Crippen molar-refractivity contribution >= 4 is 16.9 Å². The molecule has 1 aromatic heterocycles. The number of carbonyl (C=O) groups is 1. The van der Waals surface area contributed by atoms with E-state index in [9.17, 15) is 13.2 Å². The van der Waals surface area contributed by atoms with Crippen LogP contribution in [0.4, 0.5) is 4.79 Å². The number of H-pyrrole nitrogens is 1. The maximum atomic E-state index is 11.2. The number of nitrogens with two attached hydrogens (primary N) is 1. The lowest BCUT2D eigenvalue weighted by molar-refractivity contribution is 0.205. The molecule has 0 radical (unpaired) electrons. The van der Waals surface area contributed by atoms with Crippen molar-refractivity contribution in [2.75, 3.05) is 0 Å². The van der Waals surface area contributed by atoms with E-state index in [4.69, 9.17) is 5.73 Å². The number of azo groups is 1. The van der Waals surface area contributed by atoms with Crippen LogP contribution in [0.2, 0.25) is 0 Å². The van der Waals surface area contributed by atoms with Crippen LogP contribution in [0.5, 0.6) is 0 Å². The van der Waals surface area contributed by atoms with Crippen molar-refractivity contribution in [1.29, 1.82) is 0 Å². The minimum absolute atomic E-state index is 0.202. The van der Waals surface area contributed by atoms with Gasteiger partial charge in [-0.3, -0.25) is 5.10 Å². The molecule has 17 heavy (non-hydrogen) atoms. The summed E-state index contributed by atoms with van der Waals surface area (Å²) in [6, 6.07) is 0.318. The van der Waals surface area contributed by atoms with Gasteiger partial charge in [0.15, 0.2) is 0 Å². The van der Waals surface area contributed by atoms with Crippen LogP contribution >= 0.6 is 0 Å². The quantitative estimate of drug-likeness (QED) is 0.625. The molecule has 1 aliphatic rings. The lowest BCUT2D eigenvalue weighted by Crippen LogP contribution is -2.48. The van der Waals surface area contributed by atoms with E-state index in [1.165, 1.54) is 24.5 Å². The number of rotatable bonds is 3. The summed E-state index contributed by atoms with van der Waals surface area (Å²) < 4.78 is 22.6. The van der Waals surface area contributed by atoms with Gasteiger partial charge in [-0.2, -0.15) is 14.5 Å². The van der Waals surface area contributed by atoms with Gasteiger partial charge in [0.05, 0.1) is 6.20 Å². The van der Waals surface area contributed by atoms with Crippen molar-refractivity contribution in [2.24, 2.45) is 16.0 Å². The smallest absolute Gasteiger partial charge is 0.331 e. The highest BCUT2D eigenvalue weighted by molar-refractivity contribution is 7.70. The molecular weight excluding hydrogens is 248 g/mol. The van der Waals surface area contributed by atoms with E-state index in [0.29, 0.717) is 4.31 Å². The zero-order valence-corrected chi connectivity index (χ0v) is 9.24. The van der Waals surface area contributed by atoms with Gasteiger partial charge in [0.2, 0.25) is 16.6 Å². The first kappa shape index (κ1) is 11.3. The van der Waals surface area contributed by atoms with Gasteiger partial charge in [-0.1, -0.05) is 0 Å². The van der Waals surface area contributed by atoms with Crippen LogP contribution in [-0.4, -0.2) is 29.0 Å². The molecule has 0 spiro atoms. The number of aromatic nitrogens is 2. The second-order valence-corrected chi connectivity index (χ2v) is 3.98. The van der Waals surface area contributed by atoms with Gasteiger partial charge < -0.3 is 5.73 Å². The first-order chi connectivity index (χ1) is 8.08. The molecule has 0 saturated carbocycles. The first-order valence-corrected chi connectivity index (χ1v) is 5.55. The highest BCUT2D eigenvalue weighted by Crippen LogP contribution is 2.34. The number of urea groups is 1. The molecule has 10 heteroatoms. The predicted octanol–water partition coefficient (Wildman–Crippen LogP) is -0.551. The van der Waals surface area contributed by atoms with E-state index in [0.717, 1.165) is 0 Å². The van der Waals surface area contributed by atoms with E-state index >= 15 is 0 Å². The standard InChI is InChI=1S/C7H8N6O3S/c8-6(14)13(17(15)16)7(2-4-10-12-7)5-1-3-9-11-5/h1-4,17H,(H2,8,14)(H,9,11). The number of thiol groups is 1. The number of hydrogen-bond donors (Lipinski definition) is 3. The average molecular weight is 256 g/mol. The summed E-state index contributed by atoms with van der Waals surface area (Å²) in [5, 5.41) is 13.6. The monoisotopic (exact) mass is 256 g/mol. The van der Waals surface area contributed by atoms with Crippen molar-refractivity contribution in [1.82, 2.24) is 14.5 Å². The Balaban J connectivity index is 2.60. The third-order valence-corrected chi connectivity index (χ3v) is 2.99. The van der Waals surface area contributed by atoms with Gasteiger partial charge in [0, 0.05) is 6.20 Å². The van der Waals surface area contributed by atoms with Gasteiger partial charge >= 0.3 is 6.03 Å². The third kappa shape index (κ3) is 1.67. The number of carbonyl (C=O) groups excluding carboxylic acids is 1. The number of nitrogens with one attached hydrogen (secondary N) is 1. The molecule has 3 N–H and O–H groups in total. The molecule has 1 aliphatic heterocycles. The van der Waals surface area contributed by atoms with E-state index in [-0.39, 0.29) is 5.69 Å². The number of amides is 2. The fourth-order valence-corrected chi connectivity index (χ4v) is 2.11. The normalized spacial score (nSPS) is 22.2. The Kier molecular flexibility index (Phi) is 2.63. The maximum Gasteiger partial charge on any atom is 0.331 e. The molecule has 2 heterocycles. The summed E-state index contributed by atoms with van der Waals surface area (Å²) in [5.74, 6) is 0. The number of primary amides is 1. The van der Waals surface area contributed by atoms with Crippen molar-refractivity contribution < 1.29 is 13.2 Å². The van der Waals surface area contributed by atoms with Crippen LogP contribution in [0, 0.1) is 0 Å². The van der Waals surface area contributed by atoms with Crippen molar-refractivity contribution in [2.45, 2.75) is 5.66 Å². The minimum Gasteiger partial charge on any atom is -0.351 e. The zero-order chi connectivity index (χ0) is 12.5. The summed E-state index contributed by atoms with van der Waals surface area (Å²) in [7, 11) is -3.27. The first-order valence-electron chi connectivity index (χ1n) is 4.42. The Morgan fingerprint density at radius 1 is 1.53 bits per heavy atom. The summed E-state index contributed by atoms with van der Waals surface area (Å²) in [6.45, 7) is 0. The number of aromatic amines is 1. The molecule has 0 aliphatic carbocycles. The molecule has 2 amide bonds. The highest BCUT2D eigenvalue weighted by Gasteiger charge is 2.45. The van der Waals surface area contributed by atoms with E-state index < -0.39 is 22.6 Å². The molecule has 0 saturated heterocycles. The van der Waals surface area contributed by atoms with Gasteiger partial charge in [-0.05, 0) is 12.1 Å². The molecule has 1 aromatic rings. The molecule has 0 aromatic carbocycles. The Bertz CT molecular complexity index is 540. The summed E-state index contributed by atoms with van der Waals surface area (Å²) in [6.07, 6.45) is 4.05. The topological polar surface area (TPSA) is 134 Å². The fourth-order valence-electron chi connectivity index (χ4n) is 1.49. The Morgan fingerprint density at radius 3 is 2.71 bits per heavy atom. The van der Waals surface area contributed by atoms with Gasteiger partial charge in [-0.15, -0.1) is 5.11 Å². The summed E-state index contributed by atoms with van der Waals surface area (Å²) in [4.78, 5) is 11.2. The number of hydrogen-bond acceptors (Lipinski definition) is 6. The van der Waals surface area contributed by atoms with Crippen LogP contribution in [0.3, 0.4) is 0 Å². The lowest BCUT2D eigenvalue weighted by atomic mass is 10.1. The van der Waals surface area contributed by atoms with Gasteiger partial charge in [0.25, 0.3) is 0 Å². The second kappa shape index (κ2) is 3.97. The highest BCUT2D eigenvalue weighted by atomic mass is 32.2. The molecule has 1 unspecified atom stereocenters. The molecule has 0 bridgehead atoms. The van der Waals surface area contributed by atoms with Crippen LogP contribution in [0.15, 0.2) is 34.8 Å².